The number of imide groups is 1. The molecule has 2 heterocycles. The average molecular weight is 241 g/mol. The summed E-state index contributed by atoms with van der Waals surface area (Å²) in [6.45, 7) is 3.51. The quantitative estimate of drug-likeness (QED) is 0.634. The van der Waals surface area contributed by atoms with Crippen LogP contribution < -0.4 is 16.0 Å². The fourth-order valence-electron chi connectivity index (χ4n) is 1.43. The number of rotatable bonds is 1. The molecule has 0 radical (unpaired) electrons. The average Bonchev–Trinajstić information content (AvgIpc) is 2.58. The monoisotopic (exact) mass is 241 g/mol. The molecular weight excluding hydrogens is 230 g/mol. The van der Waals surface area contributed by atoms with Gasteiger partial charge in [0.2, 0.25) is 17.0 Å². The zero-order valence-corrected chi connectivity index (χ0v) is 9.67. The van der Waals surface area contributed by atoms with Crippen molar-refractivity contribution in [2.24, 2.45) is 0 Å². The number of hydrogen-bond acceptors (Lipinski definition) is 7. The summed E-state index contributed by atoms with van der Waals surface area (Å²) in [5.74, 6) is -0.551. The lowest BCUT2D eigenvalue weighted by Crippen LogP contribution is -2.64. The highest BCUT2D eigenvalue weighted by molar-refractivity contribution is 7.10. The number of nitrogens with one attached hydrogen (secondary N) is 1. The van der Waals surface area contributed by atoms with Gasteiger partial charge in [0, 0.05) is 11.5 Å². The zero-order chi connectivity index (χ0) is 11.9. The van der Waals surface area contributed by atoms with E-state index in [9.17, 15) is 9.59 Å². The lowest BCUT2D eigenvalue weighted by atomic mass is 10.00. The summed E-state index contributed by atoms with van der Waals surface area (Å²) in [7, 11) is 0. The number of carbonyl (C=O) groups is 2. The summed E-state index contributed by atoms with van der Waals surface area (Å²) in [4.78, 5) is 28.5. The summed E-state index contributed by atoms with van der Waals surface area (Å²) in [6, 6.07) is 0. The van der Waals surface area contributed by atoms with E-state index >= 15 is 0 Å². The molecule has 0 spiro atoms. The second kappa shape index (κ2) is 3.41. The van der Waals surface area contributed by atoms with Crippen molar-refractivity contribution in [1.82, 2.24) is 14.7 Å². The van der Waals surface area contributed by atoms with E-state index in [1.807, 2.05) is 0 Å². The molecule has 0 aliphatic carbocycles. The molecule has 1 aliphatic rings. The molecule has 0 atom stereocenters. The fraction of sp³-hybridized carbons (Fsp3) is 0.500. The lowest BCUT2D eigenvalue weighted by molar-refractivity contribution is -0.135. The summed E-state index contributed by atoms with van der Waals surface area (Å²) < 4.78 is 3.83. The van der Waals surface area contributed by atoms with Gasteiger partial charge in [-0.15, -0.1) is 0 Å². The van der Waals surface area contributed by atoms with E-state index in [1.165, 1.54) is 0 Å². The van der Waals surface area contributed by atoms with Crippen LogP contribution in [0.15, 0.2) is 0 Å². The second-order valence-electron chi connectivity index (χ2n) is 3.96. The van der Waals surface area contributed by atoms with Gasteiger partial charge in [0.25, 0.3) is 5.91 Å². The Bertz CT molecular complexity index is 455. The Morgan fingerprint density at radius 3 is 2.75 bits per heavy atom. The van der Waals surface area contributed by atoms with Gasteiger partial charge in [0.05, 0.1) is 0 Å². The summed E-state index contributed by atoms with van der Waals surface area (Å²) in [6.07, 6.45) is 0. The van der Waals surface area contributed by atoms with Crippen LogP contribution in [-0.2, 0) is 9.59 Å². The van der Waals surface area contributed by atoms with E-state index in [4.69, 9.17) is 5.73 Å². The Kier molecular flexibility index (Phi) is 2.30. The third-order valence-corrected chi connectivity index (χ3v) is 3.20. The number of nitrogen functional groups attached to an aromatic ring is 1. The molecular formula is C8H11N5O2S. The molecule has 7 nitrogen and oxygen atoms in total. The van der Waals surface area contributed by atoms with E-state index in [-0.39, 0.29) is 24.3 Å². The van der Waals surface area contributed by atoms with Gasteiger partial charge >= 0.3 is 0 Å². The van der Waals surface area contributed by atoms with Crippen LogP contribution >= 0.6 is 11.5 Å². The molecule has 16 heavy (non-hydrogen) atoms. The Hall–Kier alpha value is -1.70. The largest absolute Gasteiger partial charge is 0.367 e. The Balaban J connectivity index is 2.38. The SMILES string of the molecule is CC1(C)C(=O)NC(=O)CN1c1nc(N)ns1. The third-order valence-electron chi connectivity index (χ3n) is 2.45. The van der Waals surface area contributed by atoms with Gasteiger partial charge in [-0.3, -0.25) is 14.9 Å². The van der Waals surface area contributed by atoms with Crippen molar-refractivity contribution in [2.75, 3.05) is 17.2 Å². The van der Waals surface area contributed by atoms with Crippen molar-refractivity contribution in [3.8, 4) is 0 Å². The molecule has 1 aromatic rings. The first-order chi connectivity index (χ1) is 7.41. The Morgan fingerprint density at radius 1 is 1.50 bits per heavy atom. The van der Waals surface area contributed by atoms with Crippen LogP contribution in [0.2, 0.25) is 0 Å². The minimum atomic E-state index is -0.833. The maximum absolute atomic E-state index is 11.7. The van der Waals surface area contributed by atoms with Crippen LogP contribution in [0.5, 0.6) is 0 Å². The molecule has 86 valence electrons. The highest BCUT2D eigenvalue weighted by atomic mass is 32.1. The summed E-state index contributed by atoms with van der Waals surface area (Å²) in [5.41, 5.74) is 4.59. The number of piperazine rings is 1. The molecule has 0 aromatic carbocycles. The molecule has 1 aromatic heterocycles. The van der Waals surface area contributed by atoms with E-state index in [2.05, 4.69) is 14.7 Å². The molecule has 8 heteroatoms. The molecule has 2 rings (SSSR count). The molecule has 2 amide bonds. The molecule has 1 saturated heterocycles. The minimum absolute atomic E-state index is 0.0768. The van der Waals surface area contributed by atoms with E-state index in [1.54, 1.807) is 18.7 Å². The zero-order valence-electron chi connectivity index (χ0n) is 8.85. The third kappa shape index (κ3) is 1.60. The van der Waals surface area contributed by atoms with E-state index in [0.717, 1.165) is 11.5 Å². The van der Waals surface area contributed by atoms with Crippen molar-refractivity contribution in [1.29, 1.82) is 0 Å². The first kappa shape index (κ1) is 10.8. The van der Waals surface area contributed by atoms with E-state index < -0.39 is 5.54 Å². The normalized spacial score (nSPS) is 19.8. The van der Waals surface area contributed by atoms with Crippen LogP contribution in [0, 0.1) is 0 Å². The molecule has 3 N–H and O–H groups in total. The first-order valence-electron chi connectivity index (χ1n) is 4.62. The predicted octanol–water partition coefficient (Wildman–Crippen LogP) is -0.638. The molecule has 1 fully saturated rings. The van der Waals surface area contributed by atoms with Gasteiger partial charge in [-0.05, 0) is 13.8 Å². The maximum atomic E-state index is 11.7. The number of amides is 2. The molecule has 0 unspecified atom stereocenters. The van der Waals surface area contributed by atoms with Crippen molar-refractivity contribution in [3.63, 3.8) is 0 Å². The van der Waals surface area contributed by atoms with Gasteiger partial charge in [0.1, 0.15) is 12.1 Å². The van der Waals surface area contributed by atoms with E-state index in [0.29, 0.717) is 5.13 Å². The van der Waals surface area contributed by atoms with Gasteiger partial charge in [0.15, 0.2) is 0 Å². The van der Waals surface area contributed by atoms with Crippen molar-refractivity contribution in [2.45, 2.75) is 19.4 Å². The summed E-state index contributed by atoms with van der Waals surface area (Å²) >= 11 is 1.07. The Labute approximate surface area is 95.8 Å². The van der Waals surface area contributed by atoms with Crippen LogP contribution in [-0.4, -0.2) is 33.3 Å². The van der Waals surface area contributed by atoms with Crippen molar-refractivity contribution < 1.29 is 9.59 Å². The highest BCUT2D eigenvalue weighted by Crippen LogP contribution is 2.28. The fourth-order valence-corrected chi connectivity index (χ4v) is 2.17. The topological polar surface area (TPSA) is 101 Å². The van der Waals surface area contributed by atoms with Crippen LogP contribution in [0.3, 0.4) is 0 Å². The van der Waals surface area contributed by atoms with Gasteiger partial charge < -0.3 is 10.6 Å². The minimum Gasteiger partial charge on any atom is -0.367 e. The molecule has 0 saturated carbocycles. The molecule has 1 aliphatic heterocycles. The standard InChI is InChI=1S/C8H11N5O2S/c1-8(2)5(15)10-4(14)3-13(8)7-11-6(9)12-16-7/h3H2,1-2H3,(H2,9,12)(H,10,14,15). The number of carbonyl (C=O) groups excluding carboxylic acids is 2. The lowest BCUT2D eigenvalue weighted by Gasteiger charge is -2.39. The van der Waals surface area contributed by atoms with Crippen LogP contribution in [0.1, 0.15) is 13.8 Å². The van der Waals surface area contributed by atoms with Gasteiger partial charge in [-0.25, -0.2) is 0 Å². The molecule has 0 bridgehead atoms. The number of nitrogens with zero attached hydrogens (tertiary/aromatic N) is 3. The number of hydrogen-bond donors (Lipinski definition) is 2. The van der Waals surface area contributed by atoms with Crippen LogP contribution in [0.4, 0.5) is 11.1 Å². The Morgan fingerprint density at radius 2 is 2.19 bits per heavy atom. The summed E-state index contributed by atoms with van der Waals surface area (Å²) in [5, 5.41) is 2.76. The van der Waals surface area contributed by atoms with Gasteiger partial charge in [-0.2, -0.15) is 9.36 Å². The smallest absolute Gasteiger partial charge is 0.251 e. The maximum Gasteiger partial charge on any atom is 0.251 e. The van der Waals surface area contributed by atoms with Crippen molar-refractivity contribution in [3.05, 3.63) is 0 Å². The number of aromatic nitrogens is 2. The highest BCUT2D eigenvalue weighted by Gasteiger charge is 2.42. The predicted molar refractivity (Wildman–Crippen MR) is 58.9 cm³/mol. The van der Waals surface area contributed by atoms with Crippen LogP contribution in [0.25, 0.3) is 0 Å². The second-order valence-corrected chi connectivity index (χ2v) is 4.69. The van der Waals surface area contributed by atoms with Gasteiger partial charge in [-0.1, -0.05) is 0 Å². The number of nitrogens with two attached hydrogens (primary N) is 1. The van der Waals surface area contributed by atoms with Crippen molar-refractivity contribution >= 4 is 34.4 Å². The first-order valence-corrected chi connectivity index (χ1v) is 5.39. The number of anilines is 2.